The molecule has 1 aliphatic heterocycles. The van der Waals surface area contributed by atoms with Crippen molar-refractivity contribution in [2.75, 3.05) is 19.6 Å². The number of hydrogen-bond donors (Lipinski definition) is 4. The molecule has 4 N–H and O–H groups in total. The lowest BCUT2D eigenvalue weighted by Crippen LogP contribution is -2.52. The van der Waals surface area contributed by atoms with E-state index in [-0.39, 0.29) is 19.0 Å². The molecule has 3 amide bonds. The van der Waals surface area contributed by atoms with E-state index in [1.54, 1.807) is 0 Å². The van der Waals surface area contributed by atoms with Gasteiger partial charge in [0.25, 0.3) is 0 Å². The number of nitrogens with one attached hydrogen (secondary N) is 2. The first-order chi connectivity index (χ1) is 10.4. The maximum absolute atomic E-state index is 12.2. The van der Waals surface area contributed by atoms with Crippen LogP contribution in [0, 0.1) is 0 Å². The molecule has 3 atom stereocenters. The van der Waals surface area contributed by atoms with Crippen molar-refractivity contribution >= 4 is 17.7 Å². The summed E-state index contributed by atoms with van der Waals surface area (Å²) in [6.07, 6.45) is 0.302. The highest BCUT2D eigenvalue weighted by atomic mass is 16.3. The molecule has 22 heavy (non-hydrogen) atoms. The molecule has 126 valence electrons. The molecule has 0 aromatic rings. The minimum Gasteiger partial charge on any atom is -0.388 e. The molecular formula is C14H25N3O5. The Bertz CT molecular complexity index is 415. The van der Waals surface area contributed by atoms with Crippen LogP contribution in [0.3, 0.4) is 0 Å². The molecule has 1 saturated heterocycles. The van der Waals surface area contributed by atoms with Gasteiger partial charge in [-0.3, -0.25) is 14.4 Å². The Balaban J connectivity index is 2.63. The second-order valence-electron chi connectivity index (χ2n) is 5.46. The Kier molecular flexibility index (Phi) is 7.26. The van der Waals surface area contributed by atoms with Gasteiger partial charge in [0.15, 0.2) is 0 Å². The summed E-state index contributed by atoms with van der Waals surface area (Å²) in [6.45, 7) is 3.38. The van der Waals surface area contributed by atoms with Gasteiger partial charge in [0.1, 0.15) is 12.1 Å². The molecule has 0 aromatic heterocycles. The number of nitrogens with zero attached hydrogens (tertiary/aromatic N) is 1. The molecule has 0 saturated carbocycles. The van der Waals surface area contributed by atoms with Gasteiger partial charge in [0.2, 0.25) is 17.7 Å². The zero-order valence-corrected chi connectivity index (χ0v) is 13.0. The van der Waals surface area contributed by atoms with Gasteiger partial charge in [-0.1, -0.05) is 19.8 Å². The SMILES string of the molecule is CCCCCNC(=O)[C@@H]1[C@@H](O)[C@@H](O)CN1C(=O)CNC(C)=O. The standard InChI is InChI=1S/C14H25N3O5/c1-3-4-5-6-15-14(22)12-13(21)10(19)8-17(12)11(20)7-16-9(2)18/h10,12-13,19,21H,3-8H2,1-2H3,(H,15,22)(H,16,18)/t10-,12-,13-/m0/s1. The summed E-state index contributed by atoms with van der Waals surface area (Å²) >= 11 is 0. The van der Waals surface area contributed by atoms with Gasteiger partial charge in [0.05, 0.1) is 19.2 Å². The van der Waals surface area contributed by atoms with E-state index in [1.165, 1.54) is 6.92 Å². The fourth-order valence-corrected chi connectivity index (χ4v) is 2.36. The molecule has 0 bridgehead atoms. The van der Waals surface area contributed by atoms with Gasteiger partial charge in [-0.2, -0.15) is 0 Å². The Labute approximate surface area is 129 Å². The number of carbonyl (C=O) groups is 3. The van der Waals surface area contributed by atoms with E-state index in [0.717, 1.165) is 24.2 Å². The maximum Gasteiger partial charge on any atom is 0.245 e. The van der Waals surface area contributed by atoms with Crippen molar-refractivity contribution in [1.82, 2.24) is 15.5 Å². The van der Waals surface area contributed by atoms with Crippen LogP contribution in [0.1, 0.15) is 33.1 Å². The molecule has 8 nitrogen and oxygen atoms in total. The Hall–Kier alpha value is -1.67. The van der Waals surface area contributed by atoms with E-state index in [2.05, 4.69) is 10.6 Å². The molecule has 0 spiro atoms. The monoisotopic (exact) mass is 315 g/mol. The van der Waals surface area contributed by atoms with Crippen LogP contribution in [0.25, 0.3) is 0 Å². The summed E-state index contributed by atoms with van der Waals surface area (Å²) in [4.78, 5) is 36.2. The number of unbranched alkanes of at least 4 members (excludes halogenated alkanes) is 2. The van der Waals surface area contributed by atoms with Crippen molar-refractivity contribution in [2.24, 2.45) is 0 Å². The summed E-state index contributed by atoms with van der Waals surface area (Å²) < 4.78 is 0. The van der Waals surface area contributed by atoms with Gasteiger partial charge in [-0.15, -0.1) is 0 Å². The van der Waals surface area contributed by atoms with Gasteiger partial charge in [0, 0.05) is 13.5 Å². The smallest absolute Gasteiger partial charge is 0.245 e. The molecular weight excluding hydrogens is 290 g/mol. The fraction of sp³-hybridized carbons (Fsp3) is 0.786. The molecule has 1 heterocycles. The highest BCUT2D eigenvalue weighted by molar-refractivity contribution is 5.91. The van der Waals surface area contributed by atoms with Crippen molar-refractivity contribution in [3.63, 3.8) is 0 Å². The lowest BCUT2D eigenvalue weighted by molar-refractivity contribution is -0.140. The van der Waals surface area contributed by atoms with Crippen LogP contribution in [0.2, 0.25) is 0 Å². The fourth-order valence-electron chi connectivity index (χ4n) is 2.36. The van der Waals surface area contributed by atoms with E-state index in [1.807, 2.05) is 6.92 Å². The largest absolute Gasteiger partial charge is 0.388 e. The van der Waals surface area contributed by atoms with Crippen molar-refractivity contribution in [1.29, 1.82) is 0 Å². The Morgan fingerprint density at radius 1 is 1.18 bits per heavy atom. The number of hydrogen-bond acceptors (Lipinski definition) is 5. The molecule has 0 unspecified atom stereocenters. The first-order valence-electron chi connectivity index (χ1n) is 7.56. The van der Waals surface area contributed by atoms with Crippen LogP contribution in [0.5, 0.6) is 0 Å². The summed E-state index contributed by atoms with van der Waals surface area (Å²) in [6, 6.07) is -1.13. The summed E-state index contributed by atoms with van der Waals surface area (Å²) in [5.74, 6) is -1.37. The summed E-state index contributed by atoms with van der Waals surface area (Å²) in [5, 5.41) is 24.7. The van der Waals surface area contributed by atoms with Gasteiger partial charge >= 0.3 is 0 Å². The van der Waals surface area contributed by atoms with Crippen molar-refractivity contribution < 1.29 is 24.6 Å². The van der Waals surface area contributed by atoms with Gasteiger partial charge in [-0.25, -0.2) is 0 Å². The average Bonchev–Trinajstić information content (AvgIpc) is 2.77. The third-order valence-electron chi connectivity index (χ3n) is 3.59. The van der Waals surface area contributed by atoms with E-state index in [4.69, 9.17) is 0 Å². The van der Waals surface area contributed by atoms with Crippen LogP contribution >= 0.6 is 0 Å². The predicted octanol–water partition coefficient (Wildman–Crippen LogP) is -1.64. The predicted molar refractivity (Wildman–Crippen MR) is 78.7 cm³/mol. The normalized spacial score (nSPS) is 24.2. The molecule has 0 radical (unpaired) electrons. The topological polar surface area (TPSA) is 119 Å². The van der Waals surface area contributed by atoms with E-state index in [9.17, 15) is 24.6 Å². The number of aliphatic hydroxyl groups excluding tert-OH is 2. The van der Waals surface area contributed by atoms with Crippen LogP contribution in [-0.4, -0.2) is 70.7 Å². The second-order valence-corrected chi connectivity index (χ2v) is 5.46. The van der Waals surface area contributed by atoms with Gasteiger partial charge in [-0.05, 0) is 6.42 Å². The minimum absolute atomic E-state index is 0.132. The highest BCUT2D eigenvalue weighted by Crippen LogP contribution is 2.19. The third kappa shape index (κ3) is 4.96. The Morgan fingerprint density at radius 3 is 2.45 bits per heavy atom. The van der Waals surface area contributed by atoms with E-state index in [0.29, 0.717) is 6.54 Å². The number of β-amino-alcohol motifs (C(OH)–C–C–N with tert-alkyl or cyclic N) is 1. The minimum atomic E-state index is -1.33. The van der Waals surface area contributed by atoms with Crippen LogP contribution < -0.4 is 10.6 Å². The zero-order chi connectivity index (χ0) is 16.7. The molecule has 8 heteroatoms. The van der Waals surface area contributed by atoms with E-state index < -0.39 is 30.1 Å². The first kappa shape index (κ1) is 18.4. The second kappa shape index (κ2) is 8.70. The molecule has 1 fully saturated rings. The molecule has 1 rings (SSSR count). The lowest BCUT2D eigenvalue weighted by Gasteiger charge is -2.25. The number of aliphatic hydroxyl groups is 2. The summed E-state index contributed by atoms with van der Waals surface area (Å²) in [7, 11) is 0. The highest BCUT2D eigenvalue weighted by Gasteiger charge is 2.46. The average molecular weight is 315 g/mol. The third-order valence-corrected chi connectivity index (χ3v) is 3.59. The van der Waals surface area contributed by atoms with Crippen LogP contribution in [0.4, 0.5) is 0 Å². The van der Waals surface area contributed by atoms with E-state index >= 15 is 0 Å². The van der Waals surface area contributed by atoms with Crippen LogP contribution in [-0.2, 0) is 14.4 Å². The number of carbonyl (C=O) groups excluding carboxylic acids is 3. The molecule has 0 aromatic carbocycles. The summed E-state index contributed by atoms with van der Waals surface area (Å²) in [5.41, 5.74) is 0. The number of amides is 3. The quantitative estimate of drug-likeness (QED) is 0.420. The lowest BCUT2D eigenvalue weighted by atomic mass is 10.1. The zero-order valence-electron chi connectivity index (χ0n) is 13.0. The maximum atomic E-state index is 12.2. The van der Waals surface area contributed by atoms with Crippen LogP contribution in [0.15, 0.2) is 0 Å². The Morgan fingerprint density at radius 2 is 1.86 bits per heavy atom. The van der Waals surface area contributed by atoms with Gasteiger partial charge < -0.3 is 25.7 Å². The van der Waals surface area contributed by atoms with Crippen molar-refractivity contribution in [3.8, 4) is 0 Å². The van der Waals surface area contributed by atoms with Crippen molar-refractivity contribution in [3.05, 3.63) is 0 Å². The number of likely N-dealkylation sites (tertiary alicyclic amines) is 1. The molecule has 1 aliphatic rings. The first-order valence-corrected chi connectivity index (χ1v) is 7.56. The number of rotatable bonds is 7. The molecule has 0 aliphatic carbocycles. The van der Waals surface area contributed by atoms with Crippen molar-refractivity contribution in [2.45, 2.75) is 51.4 Å².